The SMILES string of the molecule is CCCCCCCCCCCCCCNC(=O)Oc1cccc(-c2cncc(C(=O)OCC)c2)c1. The number of hydrogen-bond donors (Lipinski definition) is 1. The minimum absolute atomic E-state index is 0.306. The largest absolute Gasteiger partial charge is 0.462 e. The number of pyridine rings is 1. The van der Waals surface area contributed by atoms with Crippen molar-refractivity contribution in [1.29, 1.82) is 0 Å². The molecule has 1 N–H and O–H groups in total. The third-order valence-electron chi connectivity index (χ3n) is 5.93. The van der Waals surface area contributed by atoms with Gasteiger partial charge in [-0.3, -0.25) is 4.98 Å². The quantitative estimate of drug-likeness (QED) is 0.184. The molecule has 0 atom stereocenters. The van der Waals surface area contributed by atoms with Gasteiger partial charge in [0.05, 0.1) is 12.2 Å². The van der Waals surface area contributed by atoms with Gasteiger partial charge in [-0.15, -0.1) is 0 Å². The van der Waals surface area contributed by atoms with Gasteiger partial charge in [0.1, 0.15) is 5.75 Å². The van der Waals surface area contributed by atoms with E-state index in [0.29, 0.717) is 24.5 Å². The summed E-state index contributed by atoms with van der Waals surface area (Å²) in [4.78, 5) is 28.3. The molecular formula is C29H42N2O4. The van der Waals surface area contributed by atoms with Crippen LogP contribution in [0.4, 0.5) is 4.79 Å². The van der Waals surface area contributed by atoms with Crippen molar-refractivity contribution in [1.82, 2.24) is 10.3 Å². The topological polar surface area (TPSA) is 77.5 Å². The van der Waals surface area contributed by atoms with E-state index in [4.69, 9.17) is 9.47 Å². The minimum Gasteiger partial charge on any atom is -0.462 e. The highest BCUT2D eigenvalue weighted by Crippen LogP contribution is 2.24. The van der Waals surface area contributed by atoms with Crippen LogP contribution >= 0.6 is 0 Å². The molecule has 0 fully saturated rings. The Morgan fingerprint density at radius 3 is 2.11 bits per heavy atom. The molecule has 0 unspecified atom stereocenters. The summed E-state index contributed by atoms with van der Waals surface area (Å²) in [5, 5.41) is 2.83. The summed E-state index contributed by atoms with van der Waals surface area (Å²) in [6.07, 6.45) is 18.1. The van der Waals surface area contributed by atoms with Crippen LogP contribution in [0.5, 0.6) is 5.75 Å². The maximum absolute atomic E-state index is 12.2. The Balaban J connectivity index is 1.63. The predicted molar refractivity (Wildman–Crippen MR) is 141 cm³/mol. The number of esters is 1. The van der Waals surface area contributed by atoms with Crippen LogP contribution in [0.2, 0.25) is 0 Å². The standard InChI is InChI=1S/C29H42N2O4/c1-3-5-6-7-8-9-10-11-12-13-14-15-19-31-29(33)35-27-18-16-17-24(21-27)25-20-26(23-30-22-25)28(32)34-4-2/h16-18,20-23H,3-15,19H2,1-2H3,(H,31,33). The molecule has 0 saturated carbocycles. The molecule has 1 heterocycles. The van der Waals surface area contributed by atoms with Gasteiger partial charge >= 0.3 is 12.1 Å². The lowest BCUT2D eigenvalue weighted by Crippen LogP contribution is -2.27. The summed E-state index contributed by atoms with van der Waals surface area (Å²) in [7, 11) is 0. The van der Waals surface area contributed by atoms with Crippen LogP contribution in [-0.2, 0) is 4.74 Å². The third-order valence-corrected chi connectivity index (χ3v) is 5.93. The third kappa shape index (κ3) is 11.9. The molecule has 0 aliphatic rings. The van der Waals surface area contributed by atoms with Gasteiger partial charge in [-0.25, -0.2) is 9.59 Å². The van der Waals surface area contributed by atoms with Crippen molar-refractivity contribution in [3.8, 4) is 16.9 Å². The Morgan fingerprint density at radius 2 is 1.46 bits per heavy atom. The molecule has 1 amide bonds. The van der Waals surface area contributed by atoms with E-state index in [1.807, 2.05) is 6.07 Å². The Labute approximate surface area is 210 Å². The first-order chi connectivity index (χ1) is 17.1. The highest BCUT2D eigenvalue weighted by atomic mass is 16.6. The van der Waals surface area contributed by atoms with Gasteiger partial charge < -0.3 is 14.8 Å². The highest BCUT2D eigenvalue weighted by molar-refractivity contribution is 5.90. The average molecular weight is 483 g/mol. The van der Waals surface area contributed by atoms with Crippen molar-refractivity contribution in [2.75, 3.05) is 13.2 Å². The fourth-order valence-corrected chi connectivity index (χ4v) is 3.96. The summed E-state index contributed by atoms with van der Waals surface area (Å²) in [5.74, 6) is 0.0302. The van der Waals surface area contributed by atoms with Crippen LogP contribution in [0.15, 0.2) is 42.7 Å². The molecule has 2 rings (SSSR count). The number of nitrogens with zero attached hydrogens (tertiary/aromatic N) is 1. The number of hydrogen-bond acceptors (Lipinski definition) is 5. The number of benzene rings is 1. The number of carbonyl (C=O) groups excluding carboxylic acids is 2. The molecule has 0 aliphatic carbocycles. The molecule has 0 radical (unpaired) electrons. The smallest absolute Gasteiger partial charge is 0.412 e. The fraction of sp³-hybridized carbons (Fsp3) is 0.552. The number of ether oxygens (including phenoxy) is 2. The molecule has 6 heteroatoms. The molecular weight excluding hydrogens is 440 g/mol. The molecule has 2 aromatic rings. The first kappa shape index (κ1) is 28.3. The molecule has 1 aromatic heterocycles. The van der Waals surface area contributed by atoms with Crippen molar-refractivity contribution in [3.05, 3.63) is 48.3 Å². The normalized spacial score (nSPS) is 10.7. The van der Waals surface area contributed by atoms with Crippen LogP contribution in [0.3, 0.4) is 0 Å². The summed E-state index contributed by atoms with van der Waals surface area (Å²) in [5.41, 5.74) is 1.93. The average Bonchev–Trinajstić information content (AvgIpc) is 2.87. The number of rotatable bonds is 17. The highest BCUT2D eigenvalue weighted by Gasteiger charge is 2.10. The first-order valence-corrected chi connectivity index (χ1v) is 13.3. The summed E-state index contributed by atoms with van der Waals surface area (Å²) < 4.78 is 10.5. The number of carbonyl (C=O) groups is 2. The van der Waals surface area contributed by atoms with Crippen LogP contribution in [0, 0.1) is 0 Å². The molecule has 0 saturated heterocycles. The Morgan fingerprint density at radius 1 is 0.800 bits per heavy atom. The van der Waals surface area contributed by atoms with Crippen molar-refractivity contribution < 1.29 is 19.1 Å². The van der Waals surface area contributed by atoms with Gasteiger partial charge in [-0.05, 0) is 37.1 Å². The van der Waals surface area contributed by atoms with Crippen molar-refractivity contribution in [2.45, 2.75) is 90.9 Å². The zero-order chi connectivity index (χ0) is 25.1. The lowest BCUT2D eigenvalue weighted by Gasteiger charge is -2.09. The number of nitrogens with one attached hydrogen (secondary N) is 1. The molecule has 192 valence electrons. The van der Waals surface area contributed by atoms with Crippen LogP contribution in [-0.4, -0.2) is 30.2 Å². The van der Waals surface area contributed by atoms with Gasteiger partial charge in [0, 0.05) is 24.5 Å². The van der Waals surface area contributed by atoms with Gasteiger partial charge in [0.25, 0.3) is 0 Å². The van der Waals surface area contributed by atoms with E-state index in [1.54, 1.807) is 37.4 Å². The van der Waals surface area contributed by atoms with Gasteiger partial charge in [-0.1, -0.05) is 89.7 Å². The molecule has 35 heavy (non-hydrogen) atoms. The monoisotopic (exact) mass is 482 g/mol. The van der Waals surface area contributed by atoms with E-state index in [1.165, 1.54) is 70.4 Å². The lowest BCUT2D eigenvalue weighted by molar-refractivity contribution is 0.0526. The summed E-state index contributed by atoms with van der Waals surface area (Å²) in [6, 6.07) is 8.89. The molecule has 6 nitrogen and oxygen atoms in total. The van der Waals surface area contributed by atoms with E-state index in [0.717, 1.165) is 24.0 Å². The van der Waals surface area contributed by atoms with Gasteiger partial charge in [0.15, 0.2) is 0 Å². The second-order valence-electron chi connectivity index (χ2n) is 8.92. The predicted octanol–water partition coefficient (Wildman–Crippen LogP) is 7.71. The second-order valence-corrected chi connectivity index (χ2v) is 8.92. The Kier molecular flexibility index (Phi) is 14.2. The number of unbranched alkanes of at least 4 members (excludes halogenated alkanes) is 11. The molecule has 0 bridgehead atoms. The van der Waals surface area contributed by atoms with Crippen molar-refractivity contribution in [2.24, 2.45) is 0 Å². The number of aromatic nitrogens is 1. The fourth-order valence-electron chi connectivity index (χ4n) is 3.96. The van der Waals surface area contributed by atoms with Gasteiger partial charge in [-0.2, -0.15) is 0 Å². The van der Waals surface area contributed by atoms with E-state index in [-0.39, 0.29) is 0 Å². The summed E-state index contributed by atoms with van der Waals surface area (Å²) in [6.45, 7) is 4.94. The first-order valence-electron chi connectivity index (χ1n) is 13.3. The summed E-state index contributed by atoms with van der Waals surface area (Å²) >= 11 is 0. The second kappa shape index (κ2) is 17.5. The molecule has 0 spiro atoms. The molecule has 1 aromatic carbocycles. The molecule has 0 aliphatic heterocycles. The van der Waals surface area contributed by atoms with E-state index < -0.39 is 12.1 Å². The maximum Gasteiger partial charge on any atom is 0.412 e. The minimum atomic E-state index is -0.455. The van der Waals surface area contributed by atoms with Crippen LogP contribution in [0.1, 0.15) is 101 Å². The van der Waals surface area contributed by atoms with Crippen molar-refractivity contribution in [3.63, 3.8) is 0 Å². The van der Waals surface area contributed by atoms with Crippen LogP contribution in [0.25, 0.3) is 11.1 Å². The van der Waals surface area contributed by atoms with E-state index in [2.05, 4.69) is 17.2 Å². The Hall–Kier alpha value is -2.89. The van der Waals surface area contributed by atoms with Gasteiger partial charge in [0.2, 0.25) is 0 Å². The zero-order valence-corrected chi connectivity index (χ0v) is 21.5. The van der Waals surface area contributed by atoms with Crippen LogP contribution < -0.4 is 10.1 Å². The van der Waals surface area contributed by atoms with E-state index in [9.17, 15) is 9.59 Å². The lowest BCUT2D eigenvalue weighted by atomic mass is 10.1. The zero-order valence-electron chi connectivity index (χ0n) is 21.5. The Bertz CT molecular complexity index is 884. The van der Waals surface area contributed by atoms with E-state index >= 15 is 0 Å². The van der Waals surface area contributed by atoms with Crippen molar-refractivity contribution >= 4 is 12.1 Å². The maximum atomic E-state index is 12.2. The number of amides is 1.